The van der Waals surface area contributed by atoms with E-state index in [1.807, 2.05) is 31.2 Å². The summed E-state index contributed by atoms with van der Waals surface area (Å²) in [6.07, 6.45) is 1.76. The van der Waals surface area contributed by atoms with E-state index in [9.17, 15) is 14.4 Å². The summed E-state index contributed by atoms with van der Waals surface area (Å²) in [6.45, 7) is 4.08. The molecule has 2 aromatic carbocycles. The number of hydrogen-bond donors (Lipinski definition) is 2. The average Bonchev–Trinajstić information content (AvgIpc) is 2.71. The van der Waals surface area contributed by atoms with Crippen molar-refractivity contribution in [3.63, 3.8) is 0 Å². The molecule has 2 amide bonds. The predicted octanol–water partition coefficient (Wildman–Crippen LogP) is 3.11. The van der Waals surface area contributed by atoms with E-state index < -0.39 is 11.9 Å². The van der Waals surface area contributed by atoms with Crippen LogP contribution in [0.2, 0.25) is 0 Å². The van der Waals surface area contributed by atoms with Crippen LogP contribution >= 0.6 is 0 Å². The molecule has 6 heteroatoms. The molecule has 0 saturated heterocycles. The molecule has 0 heterocycles. The minimum absolute atomic E-state index is 0.211. The number of benzene rings is 2. The monoisotopic (exact) mass is 382 g/mol. The summed E-state index contributed by atoms with van der Waals surface area (Å²) in [6, 6.07) is 14.7. The number of amides is 2. The van der Waals surface area contributed by atoms with Crippen LogP contribution < -0.4 is 10.6 Å². The molecule has 0 aromatic heterocycles. The Bertz CT molecular complexity index is 816. The highest BCUT2D eigenvalue weighted by Gasteiger charge is 2.10. The fourth-order valence-corrected chi connectivity index (χ4v) is 2.60. The van der Waals surface area contributed by atoms with Crippen molar-refractivity contribution in [1.29, 1.82) is 0 Å². The molecule has 0 aliphatic rings. The lowest BCUT2D eigenvalue weighted by molar-refractivity contribution is -0.147. The van der Waals surface area contributed by atoms with E-state index in [2.05, 4.69) is 17.6 Å². The number of aryl methyl sites for hydroxylation is 2. The molecule has 2 rings (SSSR count). The van der Waals surface area contributed by atoms with E-state index in [-0.39, 0.29) is 18.9 Å². The van der Waals surface area contributed by atoms with Crippen molar-refractivity contribution >= 4 is 23.5 Å². The van der Waals surface area contributed by atoms with Crippen LogP contribution in [0, 0.1) is 0 Å². The standard InChI is InChI=1S/C22H26N2O4/c1-3-16-8-10-17(11-9-16)12-13-21(26)28-15-20(25)24-19-7-5-6-18(14-19)22(27)23-4-2/h5-11,14H,3-4,12-13,15H2,1-2H3,(H,23,27)(H,24,25). The fraction of sp³-hybridized carbons (Fsp3) is 0.318. The van der Waals surface area contributed by atoms with Gasteiger partial charge in [-0.25, -0.2) is 0 Å². The fourth-order valence-electron chi connectivity index (χ4n) is 2.60. The SMILES string of the molecule is CCNC(=O)c1cccc(NC(=O)COC(=O)CCc2ccc(CC)cc2)c1. The lowest BCUT2D eigenvalue weighted by atomic mass is 10.1. The summed E-state index contributed by atoms with van der Waals surface area (Å²) in [7, 11) is 0. The lowest BCUT2D eigenvalue weighted by Gasteiger charge is -2.08. The predicted molar refractivity (Wildman–Crippen MR) is 108 cm³/mol. The molecule has 148 valence electrons. The zero-order valence-corrected chi connectivity index (χ0v) is 16.3. The van der Waals surface area contributed by atoms with Crippen molar-refractivity contribution in [2.75, 3.05) is 18.5 Å². The zero-order valence-electron chi connectivity index (χ0n) is 16.3. The Hall–Kier alpha value is -3.15. The number of carbonyl (C=O) groups excluding carboxylic acids is 3. The molecule has 0 unspecified atom stereocenters. The van der Waals surface area contributed by atoms with Crippen LogP contribution in [0.15, 0.2) is 48.5 Å². The van der Waals surface area contributed by atoms with E-state index in [0.717, 1.165) is 12.0 Å². The van der Waals surface area contributed by atoms with Gasteiger partial charge in [0.2, 0.25) is 0 Å². The number of carbonyl (C=O) groups is 3. The Morgan fingerprint density at radius 3 is 2.36 bits per heavy atom. The third-order valence-corrected chi connectivity index (χ3v) is 4.16. The van der Waals surface area contributed by atoms with Crippen molar-refractivity contribution < 1.29 is 19.1 Å². The summed E-state index contributed by atoms with van der Waals surface area (Å²) in [5, 5.41) is 5.32. The smallest absolute Gasteiger partial charge is 0.306 e. The lowest BCUT2D eigenvalue weighted by Crippen LogP contribution is -2.23. The van der Waals surface area contributed by atoms with Gasteiger partial charge in [0, 0.05) is 24.2 Å². The van der Waals surface area contributed by atoms with E-state index in [4.69, 9.17) is 4.74 Å². The van der Waals surface area contributed by atoms with Crippen molar-refractivity contribution in [2.45, 2.75) is 33.1 Å². The maximum Gasteiger partial charge on any atom is 0.306 e. The number of anilines is 1. The van der Waals surface area contributed by atoms with Crippen LogP contribution in [-0.4, -0.2) is 30.9 Å². The first-order chi connectivity index (χ1) is 13.5. The minimum atomic E-state index is -0.450. The van der Waals surface area contributed by atoms with E-state index in [1.165, 1.54) is 5.56 Å². The summed E-state index contributed by atoms with van der Waals surface area (Å²) >= 11 is 0. The van der Waals surface area contributed by atoms with Gasteiger partial charge in [0.25, 0.3) is 11.8 Å². The van der Waals surface area contributed by atoms with E-state index >= 15 is 0 Å². The van der Waals surface area contributed by atoms with Gasteiger partial charge >= 0.3 is 5.97 Å². The Morgan fingerprint density at radius 1 is 0.964 bits per heavy atom. The Morgan fingerprint density at radius 2 is 1.68 bits per heavy atom. The molecule has 0 radical (unpaired) electrons. The molecule has 0 bridgehead atoms. The number of hydrogen-bond acceptors (Lipinski definition) is 4. The molecule has 0 aliphatic carbocycles. The van der Waals surface area contributed by atoms with E-state index in [0.29, 0.717) is 24.2 Å². The summed E-state index contributed by atoms with van der Waals surface area (Å²) < 4.78 is 5.03. The number of ether oxygens (including phenoxy) is 1. The Balaban J connectivity index is 1.76. The van der Waals surface area contributed by atoms with Gasteiger partial charge in [-0.1, -0.05) is 37.3 Å². The van der Waals surface area contributed by atoms with Gasteiger partial charge in [0.05, 0.1) is 0 Å². The van der Waals surface area contributed by atoms with Crippen molar-refractivity contribution in [3.05, 3.63) is 65.2 Å². The molecule has 0 atom stereocenters. The number of nitrogens with one attached hydrogen (secondary N) is 2. The van der Waals surface area contributed by atoms with Crippen LogP contribution in [0.1, 0.15) is 41.8 Å². The van der Waals surface area contributed by atoms with Crippen molar-refractivity contribution in [3.8, 4) is 0 Å². The van der Waals surface area contributed by atoms with E-state index in [1.54, 1.807) is 24.3 Å². The molecular formula is C22H26N2O4. The maximum absolute atomic E-state index is 12.0. The molecule has 2 N–H and O–H groups in total. The van der Waals surface area contributed by atoms with Gasteiger partial charge in [0.1, 0.15) is 0 Å². The third kappa shape index (κ3) is 6.87. The Kier molecular flexibility index (Phi) is 8.21. The summed E-state index contributed by atoms with van der Waals surface area (Å²) in [4.78, 5) is 35.7. The first-order valence-electron chi connectivity index (χ1n) is 9.43. The minimum Gasteiger partial charge on any atom is -0.456 e. The largest absolute Gasteiger partial charge is 0.456 e. The first kappa shape index (κ1) is 21.2. The summed E-state index contributed by atoms with van der Waals surface area (Å²) in [5.41, 5.74) is 3.23. The van der Waals surface area contributed by atoms with Gasteiger partial charge in [-0.15, -0.1) is 0 Å². The van der Waals surface area contributed by atoms with Gasteiger partial charge < -0.3 is 15.4 Å². The maximum atomic E-state index is 12.0. The van der Waals surface area contributed by atoms with Gasteiger partial charge in [0.15, 0.2) is 6.61 Å². The molecule has 0 fully saturated rings. The average molecular weight is 382 g/mol. The van der Waals surface area contributed by atoms with Gasteiger partial charge in [-0.05, 0) is 49.1 Å². The molecule has 0 spiro atoms. The highest BCUT2D eigenvalue weighted by molar-refractivity contribution is 5.97. The molecule has 28 heavy (non-hydrogen) atoms. The van der Waals surface area contributed by atoms with Crippen LogP contribution in [-0.2, 0) is 27.2 Å². The highest BCUT2D eigenvalue weighted by atomic mass is 16.5. The zero-order chi connectivity index (χ0) is 20.4. The molecule has 0 saturated carbocycles. The van der Waals surface area contributed by atoms with Crippen molar-refractivity contribution in [2.24, 2.45) is 0 Å². The normalized spacial score (nSPS) is 10.2. The second-order valence-corrected chi connectivity index (χ2v) is 6.32. The highest BCUT2D eigenvalue weighted by Crippen LogP contribution is 2.11. The molecule has 6 nitrogen and oxygen atoms in total. The quantitative estimate of drug-likeness (QED) is 0.653. The van der Waals surface area contributed by atoms with Crippen LogP contribution in [0.3, 0.4) is 0 Å². The molecule has 2 aromatic rings. The number of rotatable bonds is 9. The van der Waals surface area contributed by atoms with Crippen LogP contribution in [0.25, 0.3) is 0 Å². The van der Waals surface area contributed by atoms with Gasteiger partial charge in [-0.3, -0.25) is 14.4 Å². The second kappa shape index (κ2) is 10.9. The first-order valence-corrected chi connectivity index (χ1v) is 9.43. The number of esters is 1. The molecular weight excluding hydrogens is 356 g/mol. The van der Waals surface area contributed by atoms with Crippen LogP contribution in [0.4, 0.5) is 5.69 Å². The third-order valence-electron chi connectivity index (χ3n) is 4.16. The van der Waals surface area contributed by atoms with Crippen molar-refractivity contribution in [1.82, 2.24) is 5.32 Å². The van der Waals surface area contributed by atoms with Crippen LogP contribution in [0.5, 0.6) is 0 Å². The Labute approximate surface area is 165 Å². The summed E-state index contributed by atoms with van der Waals surface area (Å²) in [5.74, 6) is -1.09. The molecule has 0 aliphatic heterocycles. The van der Waals surface area contributed by atoms with Gasteiger partial charge in [-0.2, -0.15) is 0 Å². The topological polar surface area (TPSA) is 84.5 Å². The second-order valence-electron chi connectivity index (χ2n) is 6.32.